The van der Waals surface area contributed by atoms with E-state index in [1.54, 1.807) is 10.6 Å². The fourth-order valence-electron chi connectivity index (χ4n) is 3.53. The van der Waals surface area contributed by atoms with Gasteiger partial charge >= 0.3 is 5.97 Å². The summed E-state index contributed by atoms with van der Waals surface area (Å²) in [7, 11) is 0. The molecule has 5 rings (SSSR count). The van der Waals surface area contributed by atoms with Crippen molar-refractivity contribution in [2.24, 2.45) is 0 Å². The van der Waals surface area contributed by atoms with Gasteiger partial charge in [0, 0.05) is 10.9 Å². The lowest BCUT2D eigenvalue weighted by Crippen LogP contribution is -2.32. The Balaban J connectivity index is 1.80. The summed E-state index contributed by atoms with van der Waals surface area (Å²) in [6.45, 7) is 0.398. The fourth-order valence-corrected chi connectivity index (χ4v) is 3.53. The fraction of sp³-hybridized carbons (Fsp3) is 0.167. The lowest BCUT2D eigenvalue weighted by atomic mass is 10.0. The van der Waals surface area contributed by atoms with E-state index in [1.165, 1.54) is 0 Å². The predicted octanol–water partition coefficient (Wildman–Crippen LogP) is 1.52. The number of cyclic esters (lactones) is 1. The molecule has 0 saturated carbocycles. The molecule has 0 amide bonds. The highest BCUT2D eigenvalue weighted by molar-refractivity contribution is 5.84. The van der Waals surface area contributed by atoms with Gasteiger partial charge in [0.1, 0.15) is 0 Å². The summed E-state index contributed by atoms with van der Waals surface area (Å²) in [6.07, 6.45) is -1.51. The van der Waals surface area contributed by atoms with Crippen LogP contribution in [0.25, 0.3) is 22.3 Å². The molecule has 1 N–H and O–H groups in total. The van der Waals surface area contributed by atoms with E-state index in [4.69, 9.17) is 4.74 Å². The van der Waals surface area contributed by atoms with Gasteiger partial charge in [0.25, 0.3) is 5.56 Å². The van der Waals surface area contributed by atoms with Crippen LogP contribution in [-0.4, -0.2) is 20.6 Å². The number of benzene rings is 1. The molecule has 24 heavy (non-hydrogen) atoms. The van der Waals surface area contributed by atoms with Crippen molar-refractivity contribution in [3.05, 3.63) is 63.4 Å². The first-order valence-corrected chi connectivity index (χ1v) is 7.65. The number of ether oxygens (including phenoxy) is 1. The number of pyridine rings is 2. The van der Waals surface area contributed by atoms with E-state index in [2.05, 4.69) is 4.98 Å². The Kier molecular flexibility index (Phi) is 2.53. The molecule has 0 spiro atoms. The quantitative estimate of drug-likeness (QED) is 0.497. The van der Waals surface area contributed by atoms with Gasteiger partial charge in [-0.3, -0.25) is 9.59 Å². The van der Waals surface area contributed by atoms with Crippen LogP contribution in [0.3, 0.4) is 0 Å². The maximum atomic E-state index is 12.8. The number of rotatable bonds is 0. The number of aliphatic hydroxyl groups is 1. The maximum Gasteiger partial charge on any atom is 0.312 e. The number of carbonyl (C=O) groups excluding carboxylic acids is 1. The Bertz CT molecular complexity index is 1100. The number of fused-ring (bicyclic) bond motifs is 5. The molecule has 6 heteroatoms. The SMILES string of the molecule is O=C1Cc2cc3n(c(=O)c2C(O)O1)Cc1cc2ccccc2nc1-3. The van der Waals surface area contributed by atoms with Crippen molar-refractivity contribution in [3.63, 3.8) is 0 Å². The first-order valence-electron chi connectivity index (χ1n) is 7.65. The summed E-state index contributed by atoms with van der Waals surface area (Å²) >= 11 is 0. The smallest absolute Gasteiger partial charge is 0.312 e. The highest BCUT2D eigenvalue weighted by Crippen LogP contribution is 2.34. The number of aromatic nitrogens is 2. The Hall–Kier alpha value is -2.99. The average Bonchev–Trinajstić information content (AvgIpc) is 2.90. The second-order valence-corrected chi connectivity index (χ2v) is 6.07. The second kappa shape index (κ2) is 4.52. The van der Waals surface area contributed by atoms with Crippen molar-refractivity contribution in [2.45, 2.75) is 19.3 Å². The van der Waals surface area contributed by atoms with Crippen LogP contribution in [0, 0.1) is 0 Å². The molecule has 118 valence electrons. The van der Waals surface area contributed by atoms with Crippen LogP contribution in [0.15, 0.2) is 41.2 Å². The van der Waals surface area contributed by atoms with Gasteiger partial charge in [-0.25, -0.2) is 4.98 Å². The van der Waals surface area contributed by atoms with Crippen molar-refractivity contribution in [3.8, 4) is 11.4 Å². The van der Waals surface area contributed by atoms with Crippen LogP contribution in [0.5, 0.6) is 0 Å². The molecule has 2 aliphatic rings. The molecule has 2 aliphatic heterocycles. The Morgan fingerprint density at radius 1 is 1.17 bits per heavy atom. The standard InChI is InChI=1S/C18H12N2O4/c21-14-7-10-6-13-16-11(5-9-3-1-2-4-12(9)19-16)8-20(13)17(22)15(10)18(23)24-14/h1-6,18,23H,7-8H2. The molecule has 0 aliphatic carbocycles. The maximum absolute atomic E-state index is 12.8. The number of hydrogen-bond acceptors (Lipinski definition) is 5. The second-order valence-electron chi connectivity index (χ2n) is 6.07. The van der Waals surface area contributed by atoms with Crippen molar-refractivity contribution < 1.29 is 14.6 Å². The Labute approximate surface area is 135 Å². The monoisotopic (exact) mass is 320 g/mol. The molecule has 0 radical (unpaired) electrons. The van der Waals surface area contributed by atoms with Crippen LogP contribution >= 0.6 is 0 Å². The van der Waals surface area contributed by atoms with Crippen LogP contribution in [0.1, 0.15) is 23.0 Å². The molecule has 2 aromatic heterocycles. The summed E-state index contributed by atoms with van der Waals surface area (Å²) in [6, 6.07) is 11.6. The molecule has 4 heterocycles. The van der Waals surface area contributed by atoms with Gasteiger partial charge in [0.2, 0.25) is 6.29 Å². The van der Waals surface area contributed by atoms with Gasteiger partial charge in [-0.05, 0) is 23.8 Å². The average molecular weight is 320 g/mol. The largest absolute Gasteiger partial charge is 0.431 e. The zero-order chi connectivity index (χ0) is 16.4. The first-order chi connectivity index (χ1) is 11.6. The third-order valence-electron chi connectivity index (χ3n) is 4.62. The molecule has 1 atom stereocenters. The molecule has 1 aromatic carbocycles. The predicted molar refractivity (Wildman–Crippen MR) is 85.3 cm³/mol. The lowest BCUT2D eigenvalue weighted by Gasteiger charge is -2.21. The highest BCUT2D eigenvalue weighted by Gasteiger charge is 2.32. The summed E-state index contributed by atoms with van der Waals surface area (Å²) in [5.74, 6) is -0.538. The number of carbonyl (C=O) groups is 1. The molecule has 6 nitrogen and oxygen atoms in total. The topological polar surface area (TPSA) is 81.4 Å². The van der Waals surface area contributed by atoms with E-state index < -0.39 is 12.3 Å². The van der Waals surface area contributed by atoms with Crippen molar-refractivity contribution >= 4 is 16.9 Å². The summed E-state index contributed by atoms with van der Waals surface area (Å²) < 4.78 is 6.36. The summed E-state index contributed by atoms with van der Waals surface area (Å²) in [5, 5.41) is 11.0. The van der Waals surface area contributed by atoms with Crippen molar-refractivity contribution in [1.29, 1.82) is 0 Å². The normalized spacial score (nSPS) is 18.0. The zero-order valence-corrected chi connectivity index (χ0v) is 12.5. The molecular weight excluding hydrogens is 308 g/mol. The van der Waals surface area contributed by atoms with E-state index in [-0.39, 0.29) is 17.5 Å². The van der Waals surface area contributed by atoms with E-state index in [9.17, 15) is 14.7 Å². The van der Waals surface area contributed by atoms with E-state index in [1.807, 2.05) is 30.3 Å². The van der Waals surface area contributed by atoms with Gasteiger partial charge < -0.3 is 14.4 Å². The minimum absolute atomic E-state index is 0.0155. The van der Waals surface area contributed by atoms with Gasteiger partial charge in [0.05, 0.1) is 35.4 Å². The Morgan fingerprint density at radius 3 is 2.88 bits per heavy atom. The van der Waals surface area contributed by atoms with Crippen LogP contribution in [-0.2, 0) is 22.5 Å². The minimum Gasteiger partial charge on any atom is -0.431 e. The first kappa shape index (κ1) is 13.4. The summed E-state index contributed by atoms with van der Waals surface area (Å²) in [4.78, 5) is 29.0. The number of nitrogens with zero attached hydrogens (tertiary/aromatic N) is 2. The number of hydrogen-bond donors (Lipinski definition) is 1. The van der Waals surface area contributed by atoms with Crippen LogP contribution in [0.4, 0.5) is 0 Å². The van der Waals surface area contributed by atoms with Crippen molar-refractivity contribution in [2.75, 3.05) is 0 Å². The van der Waals surface area contributed by atoms with Gasteiger partial charge in [-0.15, -0.1) is 0 Å². The molecular formula is C18H12N2O4. The van der Waals surface area contributed by atoms with Crippen molar-refractivity contribution in [1.82, 2.24) is 9.55 Å². The molecule has 3 aromatic rings. The van der Waals surface area contributed by atoms with E-state index in [0.717, 1.165) is 22.2 Å². The number of para-hydroxylation sites is 1. The van der Waals surface area contributed by atoms with E-state index in [0.29, 0.717) is 17.8 Å². The lowest BCUT2D eigenvalue weighted by molar-refractivity contribution is -0.171. The Morgan fingerprint density at radius 2 is 2.00 bits per heavy atom. The van der Waals surface area contributed by atoms with Gasteiger partial charge in [0.15, 0.2) is 0 Å². The van der Waals surface area contributed by atoms with E-state index >= 15 is 0 Å². The van der Waals surface area contributed by atoms with Gasteiger partial charge in [-0.1, -0.05) is 18.2 Å². The molecule has 1 unspecified atom stereocenters. The van der Waals surface area contributed by atoms with Crippen LogP contribution < -0.4 is 5.56 Å². The number of esters is 1. The number of aliphatic hydroxyl groups excluding tert-OH is 1. The third kappa shape index (κ3) is 1.71. The zero-order valence-electron chi connectivity index (χ0n) is 12.5. The molecule has 0 saturated heterocycles. The van der Waals surface area contributed by atoms with Crippen LogP contribution in [0.2, 0.25) is 0 Å². The summed E-state index contributed by atoms with van der Waals surface area (Å²) in [5.41, 5.74) is 3.57. The molecule has 0 fully saturated rings. The minimum atomic E-state index is -1.50. The van der Waals surface area contributed by atoms with Gasteiger partial charge in [-0.2, -0.15) is 0 Å². The highest BCUT2D eigenvalue weighted by atomic mass is 16.6. The third-order valence-corrected chi connectivity index (χ3v) is 4.62. The molecule has 0 bridgehead atoms.